The van der Waals surface area contributed by atoms with E-state index in [9.17, 15) is 4.79 Å². The van der Waals surface area contributed by atoms with Crippen LogP contribution in [0.4, 0.5) is 0 Å². The standard InChI is InChI=1S/C6H4BNO2/c7-10-6(9)5-1-3-8-4-2-5/h1-4H. The second-order valence-electron chi connectivity index (χ2n) is 1.64. The van der Waals surface area contributed by atoms with Gasteiger partial charge in [-0.25, -0.2) is 4.79 Å². The quantitative estimate of drug-likeness (QED) is 0.517. The van der Waals surface area contributed by atoms with Gasteiger partial charge in [0.2, 0.25) is 0 Å². The van der Waals surface area contributed by atoms with E-state index in [1.54, 1.807) is 0 Å². The maximum atomic E-state index is 10.6. The van der Waals surface area contributed by atoms with Crippen molar-refractivity contribution in [3.8, 4) is 0 Å². The van der Waals surface area contributed by atoms with Gasteiger partial charge in [0.1, 0.15) is 0 Å². The van der Waals surface area contributed by atoms with Gasteiger partial charge < -0.3 is 4.65 Å². The third-order valence-electron chi connectivity index (χ3n) is 1.02. The third-order valence-corrected chi connectivity index (χ3v) is 1.02. The van der Waals surface area contributed by atoms with Crippen LogP contribution in [-0.4, -0.2) is 19.0 Å². The van der Waals surface area contributed by atoms with Crippen LogP contribution in [0.2, 0.25) is 0 Å². The van der Waals surface area contributed by atoms with Gasteiger partial charge in [-0.1, -0.05) is 0 Å². The van der Waals surface area contributed by atoms with Crippen LogP contribution in [-0.2, 0) is 4.65 Å². The summed E-state index contributed by atoms with van der Waals surface area (Å²) in [6, 6.07) is 3.05. The number of aromatic nitrogens is 1. The average Bonchev–Trinajstić information content (AvgIpc) is 2.05. The SMILES string of the molecule is [B]OC(=O)c1ccncc1. The van der Waals surface area contributed by atoms with Crippen molar-refractivity contribution in [2.75, 3.05) is 0 Å². The molecule has 0 saturated carbocycles. The first kappa shape index (κ1) is 6.80. The summed E-state index contributed by atoms with van der Waals surface area (Å²) in [5.74, 6) is -0.553. The molecule has 0 aliphatic carbocycles. The number of hydrogen-bond donors (Lipinski definition) is 0. The van der Waals surface area contributed by atoms with Crippen LogP contribution in [0.25, 0.3) is 0 Å². The zero-order valence-electron chi connectivity index (χ0n) is 5.15. The summed E-state index contributed by atoms with van der Waals surface area (Å²) >= 11 is 0. The van der Waals surface area contributed by atoms with E-state index in [0.717, 1.165) is 0 Å². The predicted molar refractivity (Wildman–Crippen MR) is 35.4 cm³/mol. The largest absolute Gasteiger partial charge is 0.540 e. The van der Waals surface area contributed by atoms with Crippen LogP contribution in [0, 0.1) is 0 Å². The molecule has 1 aromatic rings. The fourth-order valence-corrected chi connectivity index (χ4v) is 0.556. The number of pyridine rings is 1. The lowest BCUT2D eigenvalue weighted by Crippen LogP contribution is -2.01. The first-order chi connectivity index (χ1) is 4.84. The summed E-state index contributed by atoms with van der Waals surface area (Å²) in [5, 5.41) is 0. The molecule has 0 N–H and O–H groups in total. The Morgan fingerprint density at radius 1 is 1.50 bits per heavy atom. The molecule has 0 aliphatic rings. The van der Waals surface area contributed by atoms with E-state index >= 15 is 0 Å². The molecule has 0 saturated heterocycles. The molecule has 1 rings (SSSR count). The Kier molecular flexibility index (Phi) is 2.05. The molecule has 0 atom stereocenters. The normalized spacial score (nSPS) is 8.80. The van der Waals surface area contributed by atoms with Gasteiger partial charge in [0.05, 0.1) is 5.56 Å². The van der Waals surface area contributed by atoms with E-state index < -0.39 is 5.97 Å². The van der Waals surface area contributed by atoms with Crippen molar-refractivity contribution in [3.05, 3.63) is 30.1 Å². The van der Waals surface area contributed by atoms with Crippen molar-refractivity contribution < 1.29 is 9.45 Å². The highest BCUT2D eigenvalue weighted by molar-refractivity contribution is 6.09. The zero-order valence-corrected chi connectivity index (χ0v) is 5.15. The lowest BCUT2D eigenvalue weighted by molar-refractivity contribution is 0.0749. The van der Waals surface area contributed by atoms with Crippen molar-refractivity contribution in [1.82, 2.24) is 4.98 Å². The summed E-state index contributed by atoms with van der Waals surface area (Å²) in [7, 11) is 4.63. The van der Waals surface area contributed by atoms with Crippen molar-refractivity contribution in [2.45, 2.75) is 0 Å². The molecule has 48 valence electrons. The van der Waals surface area contributed by atoms with Gasteiger partial charge >= 0.3 is 14.0 Å². The van der Waals surface area contributed by atoms with Gasteiger partial charge in [-0.3, -0.25) is 4.98 Å². The Hall–Kier alpha value is -1.32. The van der Waals surface area contributed by atoms with E-state index in [1.165, 1.54) is 24.5 Å². The maximum Gasteiger partial charge on any atom is 0.378 e. The molecule has 0 aromatic carbocycles. The van der Waals surface area contributed by atoms with Crippen LogP contribution in [0.15, 0.2) is 24.5 Å². The summed E-state index contributed by atoms with van der Waals surface area (Å²) < 4.78 is 3.97. The van der Waals surface area contributed by atoms with Crippen LogP contribution >= 0.6 is 0 Å². The van der Waals surface area contributed by atoms with Crippen molar-refractivity contribution in [1.29, 1.82) is 0 Å². The Bertz CT molecular complexity index is 224. The van der Waals surface area contributed by atoms with E-state index in [1.807, 2.05) is 0 Å². The second-order valence-corrected chi connectivity index (χ2v) is 1.64. The van der Waals surface area contributed by atoms with Crippen molar-refractivity contribution in [3.63, 3.8) is 0 Å². The van der Waals surface area contributed by atoms with E-state index in [4.69, 9.17) is 0 Å². The predicted octanol–water partition coefficient (Wildman–Crippen LogP) is 0.322. The molecule has 0 bridgehead atoms. The van der Waals surface area contributed by atoms with Gasteiger partial charge in [0.25, 0.3) is 0 Å². The Morgan fingerprint density at radius 3 is 2.60 bits per heavy atom. The molecular formula is C6H4BNO2. The summed E-state index contributed by atoms with van der Waals surface area (Å²) in [4.78, 5) is 14.4. The topological polar surface area (TPSA) is 39.2 Å². The fourth-order valence-electron chi connectivity index (χ4n) is 0.556. The monoisotopic (exact) mass is 133 g/mol. The van der Waals surface area contributed by atoms with Crippen molar-refractivity contribution in [2.24, 2.45) is 0 Å². The smallest absolute Gasteiger partial charge is 0.378 e. The average molecular weight is 133 g/mol. The van der Waals surface area contributed by atoms with Gasteiger partial charge in [-0.2, -0.15) is 0 Å². The van der Waals surface area contributed by atoms with E-state index in [0.29, 0.717) is 5.56 Å². The zero-order chi connectivity index (χ0) is 7.40. The summed E-state index contributed by atoms with van der Waals surface area (Å²) in [6.07, 6.45) is 2.98. The van der Waals surface area contributed by atoms with Crippen LogP contribution in [0.1, 0.15) is 10.4 Å². The molecule has 0 spiro atoms. The molecule has 1 aromatic heterocycles. The summed E-state index contributed by atoms with van der Waals surface area (Å²) in [6.45, 7) is 0. The minimum atomic E-state index is -0.553. The minimum Gasteiger partial charge on any atom is -0.540 e. The van der Waals surface area contributed by atoms with Crippen LogP contribution in [0.3, 0.4) is 0 Å². The molecule has 1 heterocycles. The number of nitrogens with zero attached hydrogens (tertiary/aromatic N) is 1. The molecule has 0 amide bonds. The van der Waals surface area contributed by atoms with Gasteiger partial charge in [0, 0.05) is 12.4 Å². The third kappa shape index (κ3) is 1.34. The molecule has 0 unspecified atom stereocenters. The molecule has 3 nitrogen and oxygen atoms in total. The molecule has 10 heavy (non-hydrogen) atoms. The van der Waals surface area contributed by atoms with Gasteiger partial charge in [-0.15, -0.1) is 0 Å². The lowest BCUT2D eigenvalue weighted by atomic mass is 10.3. The highest BCUT2D eigenvalue weighted by atomic mass is 16.5. The van der Waals surface area contributed by atoms with E-state index in [-0.39, 0.29) is 0 Å². The highest BCUT2D eigenvalue weighted by Gasteiger charge is 2.00. The van der Waals surface area contributed by atoms with Crippen molar-refractivity contribution >= 4 is 14.0 Å². The number of hydrogen-bond acceptors (Lipinski definition) is 3. The Balaban J connectivity index is 2.85. The number of rotatable bonds is 1. The van der Waals surface area contributed by atoms with Gasteiger partial charge in [-0.05, 0) is 12.1 Å². The first-order valence-corrected chi connectivity index (χ1v) is 2.65. The molecule has 2 radical (unpaired) electrons. The molecule has 0 aliphatic heterocycles. The Labute approximate surface area is 59.5 Å². The van der Waals surface area contributed by atoms with Crippen LogP contribution < -0.4 is 0 Å². The van der Waals surface area contributed by atoms with E-state index in [2.05, 4.69) is 17.7 Å². The lowest BCUT2D eigenvalue weighted by Gasteiger charge is -1.95. The highest BCUT2D eigenvalue weighted by Crippen LogP contribution is 1.96. The van der Waals surface area contributed by atoms with Gasteiger partial charge in [0.15, 0.2) is 0 Å². The number of carbonyl (C=O) groups excluding carboxylic acids is 1. The first-order valence-electron chi connectivity index (χ1n) is 2.65. The Morgan fingerprint density at radius 2 is 2.10 bits per heavy atom. The molecule has 0 fully saturated rings. The number of carbonyl (C=O) groups is 1. The summed E-state index contributed by atoms with van der Waals surface area (Å²) in [5.41, 5.74) is 0.400. The maximum absolute atomic E-state index is 10.6. The minimum absolute atomic E-state index is 0.400. The fraction of sp³-hybridized carbons (Fsp3) is 0. The molecular weight excluding hydrogens is 129 g/mol. The molecule has 4 heteroatoms. The van der Waals surface area contributed by atoms with Crippen LogP contribution in [0.5, 0.6) is 0 Å². The second kappa shape index (κ2) is 3.01.